The minimum Gasteiger partial charge on any atom is -0.486 e. The van der Waals surface area contributed by atoms with Crippen molar-refractivity contribution >= 4 is 23.2 Å². The molecule has 0 saturated carbocycles. The molecule has 1 saturated heterocycles. The molecule has 2 heterocycles. The number of nitrogens with one attached hydrogen (secondary N) is 1. The van der Waals surface area contributed by atoms with Crippen molar-refractivity contribution < 1.29 is 19.1 Å². The zero-order valence-corrected chi connectivity index (χ0v) is 13.7. The van der Waals surface area contributed by atoms with Crippen LogP contribution in [0.1, 0.15) is 23.2 Å². The Kier molecular flexibility index (Phi) is 4.01. The van der Waals surface area contributed by atoms with Gasteiger partial charge in [0, 0.05) is 29.9 Å². The molecule has 2 aromatic rings. The molecule has 0 atom stereocenters. The molecule has 2 amide bonds. The number of nitrogens with zero attached hydrogens (tertiary/aromatic N) is 1. The average Bonchev–Trinajstić information content (AvgIpc) is 3.08. The van der Waals surface area contributed by atoms with Gasteiger partial charge in [-0.25, -0.2) is 0 Å². The lowest BCUT2D eigenvalue weighted by Gasteiger charge is -2.19. The van der Waals surface area contributed by atoms with Crippen LogP contribution in [0.5, 0.6) is 11.5 Å². The third-order valence-corrected chi connectivity index (χ3v) is 4.31. The summed E-state index contributed by atoms with van der Waals surface area (Å²) in [6, 6.07) is 12.4. The molecule has 0 aromatic heterocycles. The Hall–Kier alpha value is -3.02. The molecule has 4 rings (SSSR count). The van der Waals surface area contributed by atoms with Gasteiger partial charge in [-0.2, -0.15) is 0 Å². The quantitative estimate of drug-likeness (QED) is 0.934. The summed E-state index contributed by atoms with van der Waals surface area (Å²) in [4.78, 5) is 26.0. The summed E-state index contributed by atoms with van der Waals surface area (Å²) in [6.45, 7) is 1.75. The molecule has 2 aromatic carbocycles. The van der Waals surface area contributed by atoms with Crippen molar-refractivity contribution in [1.29, 1.82) is 0 Å². The van der Waals surface area contributed by atoms with Crippen LogP contribution in [0.2, 0.25) is 0 Å². The molecule has 0 unspecified atom stereocenters. The Labute approximate surface area is 145 Å². The second kappa shape index (κ2) is 6.47. The molecule has 25 heavy (non-hydrogen) atoms. The van der Waals surface area contributed by atoms with Crippen LogP contribution >= 0.6 is 0 Å². The smallest absolute Gasteiger partial charge is 0.255 e. The van der Waals surface area contributed by atoms with Crippen molar-refractivity contribution in [3.05, 3.63) is 48.0 Å². The third kappa shape index (κ3) is 3.15. The molecular weight excluding hydrogens is 320 g/mol. The number of carbonyl (C=O) groups is 2. The summed E-state index contributed by atoms with van der Waals surface area (Å²) in [6.07, 6.45) is 1.49. The van der Waals surface area contributed by atoms with Crippen LogP contribution in [0.15, 0.2) is 42.5 Å². The maximum atomic E-state index is 12.4. The highest BCUT2D eigenvalue weighted by Gasteiger charge is 2.21. The number of rotatable bonds is 3. The van der Waals surface area contributed by atoms with Crippen LogP contribution in [0, 0.1) is 0 Å². The summed E-state index contributed by atoms with van der Waals surface area (Å²) in [5, 5.41) is 2.86. The van der Waals surface area contributed by atoms with Crippen LogP contribution in [0.4, 0.5) is 11.4 Å². The number of ether oxygens (including phenoxy) is 2. The Morgan fingerprint density at radius 2 is 1.76 bits per heavy atom. The highest BCUT2D eigenvalue weighted by Crippen LogP contribution is 2.31. The van der Waals surface area contributed by atoms with Crippen molar-refractivity contribution in [2.75, 3.05) is 30.0 Å². The van der Waals surface area contributed by atoms with E-state index in [-0.39, 0.29) is 11.8 Å². The number of anilines is 2. The monoisotopic (exact) mass is 338 g/mol. The van der Waals surface area contributed by atoms with Gasteiger partial charge in [-0.1, -0.05) is 0 Å². The van der Waals surface area contributed by atoms with Crippen LogP contribution in [0.3, 0.4) is 0 Å². The van der Waals surface area contributed by atoms with Crippen LogP contribution in [-0.2, 0) is 4.79 Å². The van der Waals surface area contributed by atoms with Gasteiger partial charge in [-0.15, -0.1) is 0 Å². The highest BCUT2D eigenvalue weighted by atomic mass is 16.6. The fourth-order valence-electron chi connectivity index (χ4n) is 3.03. The number of benzene rings is 2. The zero-order chi connectivity index (χ0) is 17.2. The first-order chi connectivity index (χ1) is 12.2. The van der Waals surface area contributed by atoms with E-state index in [1.165, 1.54) is 0 Å². The Morgan fingerprint density at radius 1 is 1.00 bits per heavy atom. The van der Waals surface area contributed by atoms with Crippen LogP contribution in [-0.4, -0.2) is 31.6 Å². The number of hydrogen-bond donors (Lipinski definition) is 1. The minimum atomic E-state index is -0.220. The maximum Gasteiger partial charge on any atom is 0.255 e. The number of fused-ring (bicyclic) bond motifs is 1. The fraction of sp³-hybridized carbons (Fsp3) is 0.263. The van der Waals surface area contributed by atoms with Gasteiger partial charge < -0.3 is 19.7 Å². The van der Waals surface area contributed by atoms with Crippen molar-refractivity contribution in [3.63, 3.8) is 0 Å². The van der Waals surface area contributed by atoms with Crippen molar-refractivity contribution in [1.82, 2.24) is 0 Å². The van der Waals surface area contributed by atoms with E-state index >= 15 is 0 Å². The first kappa shape index (κ1) is 15.5. The summed E-state index contributed by atoms with van der Waals surface area (Å²) in [5.41, 5.74) is 2.04. The molecule has 2 aliphatic heterocycles. The van der Waals surface area contributed by atoms with Gasteiger partial charge in [0.05, 0.1) is 0 Å². The Balaban J connectivity index is 1.46. The lowest BCUT2D eigenvalue weighted by Crippen LogP contribution is -2.23. The van der Waals surface area contributed by atoms with Gasteiger partial charge in [-0.3, -0.25) is 9.59 Å². The zero-order valence-electron chi connectivity index (χ0n) is 13.7. The average molecular weight is 338 g/mol. The molecule has 128 valence electrons. The summed E-state index contributed by atoms with van der Waals surface area (Å²) in [7, 11) is 0. The van der Waals surface area contributed by atoms with Gasteiger partial charge in [0.2, 0.25) is 5.91 Å². The van der Waals surface area contributed by atoms with E-state index in [4.69, 9.17) is 9.47 Å². The normalized spacial score (nSPS) is 16.0. The Bertz CT molecular complexity index is 817. The van der Waals surface area contributed by atoms with Crippen LogP contribution < -0.4 is 19.7 Å². The lowest BCUT2D eigenvalue weighted by molar-refractivity contribution is -0.117. The fourth-order valence-corrected chi connectivity index (χ4v) is 3.03. The second-order valence-corrected chi connectivity index (χ2v) is 6.01. The maximum absolute atomic E-state index is 12.4. The van der Waals surface area contributed by atoms with E-state index in [2.05, 4.69) is 5.32 Å². The first-order valence-electron chi connectivity index (χ1n) is 8.32. The lowest BCUT2D eigenvalue weighted by atomic mass is 10.1. The third-order valence-electron chi connectivity index (χ3n) is 4.31. The minimum absolute atomic E-state index is 0.146. The number of amides is 2. The summed E-state index contributed by atoms with van der Waals surface area (Å²) in [5.74, 6) is 1.17. The molecule has 1 N–H and O–H groups in total. The van der Waals surface area contributed by atoms with E-state index in [0.29, 0.717) is 42.4 Å². The standard InChI is InChI=1S/C19H18N2O4/c22-18-2-1-9-21(18)15-6-4-14(5-7-15)20-19(23)13-3-8-16-17(12-13)25-11-10-24-16/h3-8,12H,1-2,9-11H2,(H,20,23). The molecule has 0 radical (unpaired) electrons. The van der Waals surface area contributed by atoms with E-state index in [0.717, 1.165) is 18.7 Å². The molecule has 0 aliphatic carbocycles. The van der Waals surface area contributed by atoms with E-state index in [1.54, 1.807) is 35.2 Å². The van der Waals surface area contributed by atoms with Crippen molar-refractivity contribution in [2.45, 2.75) is 12.8 Å². The molecule has 6 nitrogen and oxygen atoms in total. The van der Waals surface area contributed by atoms with Gasteiger partial charge in [0.15, 0.2) is 11.5 Å². The SMILES string of the molecule is O=C(Nc1ccc(N2CCCC2=O)cc1)c1ccc2c(c1)OCCO2. The molecule has 2 aliphatic rings. The Morgan fingerprint density at radius 3 is 2.48 bits per heavy atom. The number of carbonyl (C=O) groups excluding carboxylic acids is 2. The highest BCUT2D eigenvalue weighted by molar-refractivity contribution is 6.05. The number of hydrogen-bond acceptors (Lipinski definition) is 4. The second-order valence-electron chi connectivity index (χ2n) is 6.01. The largest absolute Gasteiger partial charge is 0.486 e. The van der Waals surface area contributed by atoms with Gasteiger partial charge >= 0.3 is 0 Å². The topological polar surface area (TPSA) is 67.9 Å². The van der Waals surface area contributed by atoms with Gasteiger partial charge in [0.1, 0.15) is 13.2 Å². The molecular formula is C19H18N2O4. The van der Waals surface area contributed by atoms with Crippen molar-refractivity contribution in [3.8, 4) is 11.5 Å². The van der Waals surface area contributed by atoms with E-state index in [1.807, 2.05) is 12.1 Å². The predicted molar refractivity (Wildman–Crippen MR) is 93.4 cm³/mol. The summed E-state index contributed by atoms with van der Waals surface area (Å²) < 4.78 is 11.0. The van der Waals surface area contributed by atoms with Gasteiger partial charge in [0.25, 0.3) is 5.91 Å². The molecule has 6 heteroatoms. The molecule has 0 spiro atoms. The van der Waals surface area contributed by atoms with Crippen LogP contribution in [0.25, 0.3) is 0 Å². The van der Waals surface area contributed by atoms with Gasteiger partial charge in [-0.05, 0) is 48.9 Å². The van der Waals surface area contributed by atoms with Crippen molar-refractivity contribution in [2.24, 2.45) is 0 Å². The summed E-state index contributed by atoms with van der Waals surface area (Å²) >= 11 is 0. The van der Waals surface area contributed by atoms with E-state index in [9.17, 15) is 9.59 Å². The predicted octanol–water partition coefficient (Wildman–Crippen LogP) is 2.84. The molecule has 1 fully saturated rings. The van der Waals surface area contributed by atoms with E-state index < -0.39 is 0 Å². The molecule has 0 bridgehead atoms. The first-order valence-corrected chi connectivity index (χ1v) is 8.32.